The standard InChI is InChI=1S/C18H24FNS/c1-3-12-6-4-5-7-15(12)18(20-2)17-10-13-8-9-14(19)11-16(13)21-17/h8-12,15,18,20H,3-7H2,1-2H3. The van der Waals surface area contributed by atoms with Crippen molar-refractivity contribution in [3.8, 4) is 0 Å². The first-order valence-corrected chi connectivity index (χ1v) is 8.90. The summed E-state index contributed by atoms with van der Waals surface area (Å²) < 4.78 is 14.5. The van der Waals surface area contributed by atoms with Crippen LogP contribution < -0.4 is 5.32 Å². The molecule has 1 aliphatic carbocycles. The maximum Gasteiger partial charge on any atom is 0.124 e. The van der Waals surface area contributed by atoms with Crippen LogP contribution in [0.4, 0.5) is 4.39 Å². The van der Waals surface area contributed by atoms with Crippen molar-refractivity contribution in [3.05, 3.63) is 35.0 Å². The van der Waals surface area contributed by atoms with E-state index in [-0.39, 0.29) is 5.82 Å². The predicted molar refractivity (Wildman–Crippen MR) is 89.3 cm³/mol. The molecule has 21 heavy (non-hydrogen) atoms. The molecule has 3 heteroatoms. The average molecular weight is 305 g/mol. The topological polar surface area (TPSA) is 12.0 Å². The molecule has 3 rings (SSSR count). The van der Waals surface area contributed by atoms with E-state index in [0.717, 1.165) is 10.6 Å². The van der Waals surface area contributed by atoms with E-state index in [1.807, 2.05) is 6.07 Å². The van der Waals surface area contributed by atoms with Gasteiger partial charge in [0.15, 0.2) is 0 Å². The van der Waals surface area contributed by atoms with Gasteiger partial charge in [0, 0.05) is 15.6 Å². The zero-order valence-electron chi connectivity index (χ0n) is 12.9. The first kappa shape index (κ1) is 15.0. The number of hydrogen-bond acceptors (Lipinski definition) is 2. The minimum absolute atomic E-state index is 0.138. The number of hydrogen-bond donors (Lipinski definition) is 1. The van der Waals surface area contributed by atoms with Crippen LogP contribution >= 0.6 is 11.3 Å². The van der Waals surface area contributed by atoms with Gasteiger partial charge in [0.2, 0.25) is 0 Å². The third-order valence-electron chi connectivity index (χ3n) is 5.04. The quantitative estimate of drug-likeness (QED) is 0.784. The Hall–Kier alpha value is -0.930. The Labute approximate surface area is 130 Å². The van der Waals surface area contributed by atoms with Gasteiger partial charge in [0.25, 0.3) is 0 Å². The van der Waals surface area contributed by atoms with E-state index in [4.69, 9.17) is 0 Å². The van der Waals surface area contributed by atoms with E-state index in [2.05, 4.69) is 25.4 Å². The Morgan fingerprint density at radius 3 is 2.86 bits per heavy atom. The van der Waals surface area contributed by atoms with Crippen molar-refractivity contribution < 1.29 is 4.39 Å². The summed E-state index contributed by atoms with van der Waals surface area (Å²) in [6.45, 7) is 2.32. The SMILES string of the molecule is CCC1CCCCC1C(NC)c1cc2ccc(F)cc2s1. The summed E-state index contributed by atoms with van der Waals surface area (Å²) in [5, 5.41) is 4.71. The summed E-state index contributed by atoms with van der Waals surface area (Å²) in [5.41, 5.74) is 0. The van der Waals surface area contributed by atoms with Crippen molar-refractivity contribution in [3.63, 3.8) is 0 Å². The summed E-state index contributed by atoms with van der Waals surface area (Å²) in [7, 11) is 2.07. The lowest BCUT2D eigenvalue weighted by Gasteiger charge is -2.36. The maximum atomic E-state index is 13.4. The van der Waals surface area contributed by atoms with E-state index in [9.17, 15) is 4.39 Å². The number of fused-ring (bicyclic) bond motifs is 1. The van der Waals surface area contributed by atoms with Crippen LogP contribution in [0.25, 0.3) is 10.1 Å². The van der Waals surface area contributed by atoms with Gasteiger partial charge in [-0.3, -0.25) is 0 Å². The Bertz CT molecular complexity index is 606. The minimum atomic E-state index is -0.138. The molecular weight excluding hydrogens is 281 g/mol. The molecule has 1 aromatic heterocycles. The molecule has 1 N–H and O–H groups in total. The van der Waals surface area contributed by atoms with E-state index >= 15 is 0 Å². The van der Waals surface area contributed by atoms with E-state index in [1.165, 1.54) is 42.4 Å². The summed E-state index contributed by atoms with van der Waals surface area (Å²) in [4.78, 5) is 1.36. The second-order valence-electron chi connectivity index (χ2n) is 6.21. The Balaban J connectivity index is 1.93. The van der Waals surface area contributed by atoms with Gasteiger partial charge < -0.3 is 5.32 Å². The molecule has 2 aromatic rings. The van der Waals surface area contributed by atoms with Gasteiger partial charge in [0.05, 0.1) is 0 Å². The first-order chi connectivity index (χ1) is 10.2. The lowest BCUT2D eigenvalue weighted by molar-refractivity contribution is 0.182. The monoisotopic (exact) mass is 305 g/mol. The second-order valence-corrected chi connectivity index (χ2v) is 7.33. The van der Waals surface area contributed by atoms with Crippen LogP contribution in [0.3, 0.4) is 0 Å². The molecule has 3 atom stereocenters. The minimum Gasteiger partial charge on any atom is -0.312 e. The lowest BCUT2D eigenvalue weighted by Crippen LogP contribution is -2.32. The molecule has 1 aliphatic rings. The third kappa shape index (κ3) is 3.00. The molecule has 1 aromatic carbocycles. The van der Waals surface area contributed by atoms with Crippen LogP contribution in [0.2, 0.25) is 0 Å². The number of halogens is 1. The highest BCUT2D eigenvalue weighted by molar-refractivity contribution is 7.19. The molecule has 0 saturated heterocycles. The largest absolute Gasteiger partial charge is 0.312 e. The molecule has 114 valence electrons. The van der Waals surface area contributed by atoms with Crippen LogP contribution in [-0.4, -0.2) is 7.05 Å². The van der Waals surface area contributed by atoms with E-state index in [0.29, 0.717) is 12.0 Å². The van der Waals surface area contributed by atoms with Gasteiger partial charge in [-0.1, -0.05) is 38.7 Å². The molecule has 3 unspecified atom stereocenters. The van der Waals surface area contributed by atoms with Gasteiger partial charge in [-0.25, -0.2) is 4.39 Å². The van der Waals surface area contributed by atoms with Crippen molar-refractivity contribution in [2.24, 2.45) is 11.8 Å². The highest BCUT2D eigenvalue weighted by Crippen LogP contribution is 2.43. The molecule has 0 amide bonds. The fraction of sp³-hybridized carbons (Fsp3) is 0.556. The maximum absolute atomic E-state index is 13.4. The Kier molecular flexibility index (Phi) is 4.60. The van der Waals surface area contributed by atoms with Crippen molar-refractivity contribution >= 4 is 21.4 Å². The highest BCUT2D eigenvalue weighted by Gasteiger charge is 2.31. The molecule has 0 spiro atoms. The van der Waals surface area contributed by atoms with Crippen LogP contribution in [0, 0.1) is 17.7 Å². The van der Waals surface area contributed by atoms with E-state index in [1.54, 1.807) is 23.5 Å². The van der Waals surface area contributed by atoms with Gasteiger partial charge in [-0.15, -0.1) is 11.3 Å². The molecule has 1 fully saturated rings. The third-order valence-corrected chi connectivity index (χ3v) is 6.22. The van der Waals surface area contributed by atoms with Gasteiger partial charge >= 0.3 is 0 Å². The van der Waals surface area contributed by atoms with Crippen molar-refractivity contribution in [2.75, 3.05) is 7.05 Å². The number of rotatable bonds is 4. The van der Waals surface area contributed by atoms with Crippen molar-refractivity contribution in [1.82, 2.24) is 5.32 Å². The molecule has 1 saturated carbocycles. The summed E-state index contributed by atoms with van der Waals surface area (Å²) in [5.74, 6) is 1.39. The Morgan fingerprint density at radius 1 is 1.29 bits per heavy atom. The van der Waals surface area contributed by atoms with Crippen LogP contribution in [-0.2, 0) is 0 Å². The fourth-order valence-electron chi connectivity index (χ4n) is 3.93. The fourth-order valence-corrected chi connectivity index (χ4v) is 5.20. The second kappa shape index (κ2) is 6.45. The van der Waals surface area contributed by atoms with Gasteiger partial charge in [-0.2, -0.15) is 0 Å². The summed E-state index contributed by atoms with van der Waals surface area (Å²) in [6.07, 6.45) is 6.66. The Morgan fingerprint density at radius 2 is 2.10 bits per heavy atom. The average Bonchev–Trinajstić information content (AvgIpc) is 2.91. The molecule has 0 radical (unpaired) electrons. The number of nitrogens with one attached hydrogen (secondary N) is 1. The molecule has 1 nitrogen and oxygen atoms in total. The molecule has 1 heterocycles. The van der Waals surface area contributed by atoms with Gasteiger partial charge in [-0.05, 0) is 48.9 Å². The first-order valence-electron chi connectivity index (χ1n) is 8.09. The normalized spacial score (nSPS) is 24.3. The molecule has 0 aliphatic heterocycles. The van der Waals surface area contributed by atoms with E-state index < -0.39 is 0 Å². The zero-order chi connectivity index (χ0) is 14.8. The summed E-state index contributed by atoms with van der Waals surface area (Å²) >= 11 is 1.75. The molecular formula is C18H24FNS. The van der Waals surface area contributed by atoms with Gasteiger partial charge in [0.1, 0.15) is 5.82 Å². The summed E-state index contributed by atoms with van der Waals surface area (Å²) in [6, 6.07) is 7.78. The molecule has 0 bridgehead atoms. The highest BCUT2D eigenvalue weighted by atomic mass is 32.1. The predicted octanol–water partition coefficient (Wildman–Crippen LogP) is 5.52. The lowest BCUT2D eigenvalue weighted by atomic mass is 9.73. The van der Waals surface area contributed by atoms with Crippen LogP contribution in [0.15, 0.2) is 24.3 Å². The zero-order valence-corrected chi connectivity index (χ0v) is 13.7. The number of thiophene rings is 1. The van der Waals surface area contributed by atoms with Crippen molar-refractivity contribution in [2.45, 2.75) is 45.1 Å². The number of benzene rings is 1. The van der Waals surface area contributed by atoms with Crippen molar-refractivity contribution in [1.29, 1.82) is 0 Å². The van der Waals surface area contributed by atoms with Crippen LogP contribution in [0.5, 0.6) is 0 Å². The van der Waals surface area contributed by atoms with Crippen LogP contribution in [0.1, 0.15) is 49.9 Å². The smallest absolute Gasteiger partial charge is 0.124 e.